The number of carboxylic acid groups (broad SMARTS) is 1. The van der Waals surface area contributed by atoms with Crippen LogP contribution in [0, 0.1) is 22.2 Å². The molecule has 0 heterocycles. The molecule has 0 aliphatic heterocycles. The highest BCUT2D eigenvalue weighted by Gasteiger charge is 2.62. The third kappa shape index (κ3) is 1.93. The molecule has 3 heteroatoms. The van der Waals surface area contributed by atoms with Crippen LogP contribution in [0.5, 0.6) is 0 Å². The normalized spacial score (nSPS) is 41.4. The lowest BCUT2D eigenvalue weighted by atomic mass is 9.70. The summed E-state index contributed by atoms with van der Waals surface area (Å²) in [5.74, 6) is 0.109. The number of aliphatic carboxylic acids is 1. The Hall–Kier alpha value is -0.570. The molecule has 0 aromatic carbocycles. The minimum Gasteiger partial charge on any atom is -0.481 e. The fraction of sp³-hybridized carbons (Fsp3) is 0.938. The van der Waals surface area contributed by atoms with Crippen molar-refractivity contribution in [3.8, 4) is 0 Å². The summed E-state index contributed by atoms with van der Waals surface area (Å²) in [6.07, 6.45) is 6.44. The smallest absolute Gasteiger partial charge is 0.303 e. The van der Waals surface area contributed by atoms with E-state index >= 15 is 0 Å². The highest BCUT2D eigenvalue weighted by molar-refractivity contribution is 5.68. The first-order valence-corrected chi connectivity index (χ1v) is 7.63. The van der Waals surface area contributed by atoms with Crippen molar-refractivity contribution in [3.63, 3.8) is 0 Å². The molecule has 0 amide bonds. The number of carbonyl (C=O) groups is 1. The van der Waals surface area contributed by atoms with Crippen LogP contribution in [0.3, 0.4) is 0 Å². The molecule has 0 aromatic heterocycles. The van der Waals surface area contributed by atoms with Crippen molar-refractivity contribution in [2.24, 2.45) is 22.2 Å². The summed E-state index contributed by atoms with van der Waals surface area (Å²) in [5, 5.41) is 8.96. The van der Waals surface area contributed by atoms with Crippen molar-refractivity contribution < 1.29 is 14.6 Å². The van der Waals surface area contributed by atoms with Crippen LogP contribution in [0.2, 0.25) is 0 Å². The Labute approximate surface area is 115 Å². The number of hydrogen-bond acceptors (Lipinski definition) is 2. The fourth-order valence-electron chi connectivity index (χ4n) is 4.53. The van der Waals surface area contributed by atoms with Gasteiger partial charge in [-0.25, -0.2) is 0 Å². The van der Waals surface area contributed by atoms with Crippen LogP contribution in [0.25, 0.3) is 0 Å². The first-order chi connectivity index (χ1) is 8.79. The quantitative estimate of drug-likeness (QED) is 0.828. The van der Waals surface area contributed by atoms with Crippen molar-refractivity contribution in [2.45, 2.75) is 65.4 Å². The molecule has 0 saturated heterocycles. The van der Waals surface area contributed by atoms with E-state index in [1.165, 1.54) is 19.3 Å². The van der Waals surface area contributed by atoms with E-state index in [1.54, 1.807) is 0 Å². The molecule has 0 aromatic rings. The molecule has 3 rings (SSSR count). The topological polar surface area (TPSA) is 46.5 Å². The summed E-state index contributed by atoms with van der Waals surface area (Å²) in [7, 11) is 0. The van der Waals surface area contributed by atoms with E-state index in [4.69, 9.17) is 9.84 Å². The van der Waals surface area contributed by atoms with Gasteiger partial charge in [-0.3, -0.25) is 4.79 Å². The third-order valence-corrected chi connectivity index (χ3v) is 6.79. The van der Waals surface area contributed by atoms with Gasteiger partial charge < -0.3 is 9.84 Å². The van der Waals surface area contributed by atoms with Crippen molar-refractivity contribution in [2.75, 3.05) is 6.61 Å². The first kappa shape index (κ1) is 13.4. The highest BCUT2D eigenvalue weighted by atomic mass is 16.5. The summed E-state index contributed by atoms with van der Waals surface area (Å²) in [5.41, 5.74) is 0.631. The predicted molar refractivity (Wildman–Crippen MR) is 72.9 cm³/mol. The van der Waals surface area contributed by atoms with E-state index in [-0.39, 0.29) is 17.3 Å². The molecule has 3 fully saturated rings. The summed E-state index contributed by atoms with van der Waals surface area (Å²) < 4.78 is 6.24. The number of ether oxygens (including phenoxy) is 1. The second kappa shape index (κ2) is 3.97. The van der Waals surface area contributed by atoms with Gasteiger partial charge in [-0.05, 0) is 48.9 Å². The Balaban J connectivity index is 1.62. The Bertz CT molecular complexity index is 397. The number of hydrogen-bond donors (Lipinski definition) is 1. The minimum absolute atomic E-state index is 0.0336. The van der Waals surface area contributed by atoms with Crippen LogP contribution in [-0.2, 0) is 9.53 Å². The second-order valence-corrected chi connectivity index (χ2v) is 7.98. The number of carboxylic acids is 1. The lowest BCUT2D eigenvalue weighted by Crippen LogP contribution is -2.38. The van der Waals surface area contributed by atoms with E-state index < -0.39 is 5.97 Å². The summed E-state index contributed by atoms with van der Waals surface area (Å²) in [6, 6.07) is 0. The Morgan fingerprint density at radius 3 is 2.37 bits per heavy atom. The van der Waals surface area contributed by atoms with Gasteiger partial charge in [-0.15, -0.1) is 0 Å². The monoisotopic (exact) mass is 266 g/mol. The average molecular weight is 266 g/mol. The molecule has 3 aliphatic rings. The van der Waals surface area contributed by atoms with E-state index in [0.717, 1.165) is 18.8 Å². The van der Waals surface area contributed by atoms with E-state index in [2.05, 4.69) is 20.8 Å². The van der Waals surface area contributed by atoms with E-state index in [1.807, 2.05) is 0 Å². The van der Waals surface area contributed by atoms with Crippen LogP contribution in [-0.4, -0.2) is 23.8 Å². The van der Waals surface area contributed by atoms with Gasteiger partial charge in [0.15, 0.2) is 0 Å². The zero-order valence-corrected chi connectivity index (χ0v) is 12.4. The molecule has 3 nitrogen and oxygen atoms in total. The van der Waals surface area contributed by atoms with Gasteiger partial charge in [0.1, 0.15) is 0 Å². The maximum absolute atomic E-state index is 10.9. The SMILES string of the molecule is CC1(C)C2CCC1(C)C(OCC1(CC(=O)O)CC1)C2. The molecule has 0 spiro atoms. The first-order valence-electron chi connectivity index (χ1n) is 7.63. The predicted octanol–water partition coefficient (Wildman–Crippen LogP) is 3.47. The lowest BCUT2D eigenvalue weighted by molar-refractivity contribution is -0.140. The summed E-state index contributed by atoms with van der Waals surface area (Å²) in [4.78, 5) is 10.9. The molecule has 3 aliphatic carbocycles. The maximum Gasteiger partial charge on any atom is 0.303 e. The standard InChI is InChI=1S/C16H26O3/c1-14(2)11-4-5-15(14,3)12(8-11)19-10-16(6-7-16)9-13(17)18/h11-12H,4-10H2,1-3H3,(H,17,18). The molecule has 3 atom stereocenters. The van der Waals surface area contributed by atoms with Crippen LogP contribution in [0.1, 0.15) is 59.3 Å². The minimum atomic E-state index is -0.680. The zero-order chi connectivity index (χ0) is 13.9. The molecule has 2 bridgehead atoms. The van der Waals surface area contributed by atoms with Gasteiger partial charge in [0.05, 0.1) is 19.1 Å². The van der Waals surface area contributed by atoms with E-state index in [0.29, 0.717) is 18.1 Å². The van der Waals surface area contributed by atoms with Crippen LogP contribution in [0.4, 0.5) is 0 Å². The van der Waals surface area contributed by atoms with Crippen LogP contribution < -0.4 is 0 Å². The Morgan fingerprint density at radius 1 is 1.26 bits per heavy atom. The van der Waals surface area contributed by atoms with Gasteiger partial charge in [-0.1, -0.05) is 20.8 Å². The van der Waals surface area contributed by atoms with Crippen LogP contribution in [0.15, 0.2) is 0 Å². The molecule has 108 valence electrons. The van der Waals surface area contributed by atoms with Crippen molar-refractivity contribution in [1.82, 2.24) is 0 Å². The average Bonchev–Trinajstić information content (AvgIpc) is 2.98. The number of fused-ring (bicyclic) bond motifs is 2. The zero-order valence-electron chi connectivity index (χ0n) is 12.4. The molecule has 3 saturated carbocycles. The van der Waals surface area contributed by atoms with Crippen molar-refractivity contribution in [1.29, 1.82) is 0 Å². The van der Waals surface area contributed by atoms with Gasteiger partial charge in [0.2, 0.25) is 0 Å². The summed E-state index contributed by atoms with van der Waals surface area (Å²) in [6.45, 7) is 7.81. The van der Waals surface area contributed by atoms with Gasteiger partial charge >= 0.3 is 5.97 Å². The lowest BCUT2D eigenvalue weighted by Gasteiger charge is -2.39. The Kier molecular flexibility index (Phi) is 2.80. The van der Waals surface area contributed by atoms with Crippen LogP contribution >= 0.6 is 0 Å². The Morgan fingerprint density at radius 2 is 1.95 bits per heavy atom. The molecule has 19 heavy (non-hydrogen) atoms. The van der Waals surface area contributed by atoms with Crippen molar-refractivity contribution in [3.05, 3.63) is 0 Å². The van der Waals surface area contributed by atoms with Gasteiger partial charge in [-0.2, -0.15) is 0 Å². The largest absolute Gasteiger partial charge is 0.481 e. The summed E-state index contributed by atoms with van der Waals surface area (Å²) >= 11 is 0. The van der Waals surface area contributed by atoms with Gasteiger partial charge in [0.25, 0.3) is 0 Å². The highest BCUT2D eigenvalue weighted by Crippen LogP contribution is 2.66. The molecular formula is C16H26O3. The third-order valence-electron chi connectivity index (χ3n) is 6.79. The molecule has 3 unspecified atom stereocenters. The number of rotatable bonds is 5. The van der Waals surface area contributed by atoms with Crippen molar-refractivity contribution >= 4 is 5.97 Å². The fourth-order valence-corrected chi connectivity index (χ4v) is 4.53. The van der Waals surface area contributed by atoms with E-state index in [9.17, 15) is 4.79 Å². The molecular weight excluding hydrogens is 240 g/mol. The van der Waals surface area contributed by atoms with Gasteiger partial charge in [0, 0.05) is 5.41 Å². The molecule has 1 N–H and O–H groups in total. The second-order valence-electron chi connectivity index (χ2n) is 7.98. The maximum atomic E-state index is 10.9. The molecule has 0 radical (unpaired) electrons.